The SMILES string of the molecule is CCCCCC/C=C\CCCCCCCCCC(=O)OCC(COP(=O)(O)OC1C(OC2OC(CO)C(O)C(O)C2O)C(O)C(O)C(O)C1OC1OC(COC(=O)CCCCCCCCCCCCCCCCCCC)C(O)C(O)C1O)OC(=O)/C=C/C=C/CCCCCCCCCCCCC. The van der Waals surface area contributed by atoms with Crippen LogP contribution in [-0.2, 0) is 61.2 Å². The summed E-state index contributed by atoms with van der Waals surface area (Å²) in [5, 5.41) is 110. The largest absolute Gasteiger partial charge is 0.472 e. The second-order valence-electron chi connectivity index (χ2n) is 28.5. The topological polar surface area (TPSA) is 374 Å². The van der Waals surface area contributed by atoms with Gasteiger partial charge in [-0.15, -0.1) is 0 Å². The van der Waals surface area contributed by atoms with E-state index in [9.17, 15) is 74.9 Å². The molecule has 11 N–H and O–H groups in total. The van der Waals surface area contributed by atoms with Crippen LogP contribution in [0.4, 0.5) is 0 Å². The Hall–Kier alpha value is -2.82. The third kappa shape index (κ3) is 40.4. The van der Waals surface area contributed by atoms with Crippen molar-refractivity contribution in [1.29, 1.82) is 0 Å². The van der Waals surface area contributed by atoms with Crippen molar-refractivity contribution in [3.8, 4) is 0 Å². The van der Waals surface area contributed by atoms with Crippen LogP contribution in [0.2, 0.25) is 0 Å². The van der Waals surface area contributed by atoms with E-state index in [1.165, 1.54) is 154 Å². The van der Waals surface area contributed by atoms with Crippen LogP contribution in [0, 0.1) is 0 Å². The third-order valence-electron chi connectivity index (χ3n) is 19.5. The summed E-state index contributed by atoms with van der Waals surface area (Å²) in [6.45, 7) is 3.35. The van der Waals surface area contributed by atoms with E-state index in [2.05, 4.69) is 32.9 Å². The van der Waals surface area contributed by atoms with E-state index < -0.39 is 156 Å². The summed E-state index contributed by atoms with van der Waals surface area (Å²) in [6.07, 6.45) is 22.6. The van der Waals surface area contributed by atoms with Crippen LogP contribution in [0.15, 0.2) is 36.5 Å². The minimum atomic E-state index is -5.73. The van der Waals surface area contributed by atoms with Crippen LogP contribution in [-0.4, -0.2) is 204 Å². The number of allylic oxidation sites excluding steroid dienone is 5. The molecular weight excluding hydrogens is 1340 g/mol. The normalized spacial score (nSPS) is 27.2. The van der Waals surface area contributed by atoms with Gasteiger partial charge in [-0.25, -0.2) is 9.36 Å². The molecule has 3 aliphatic rings. The Balaban J connectivity index is 1.72. The highest BCUT2D eigenvalue weighted by molar-refractivity contribution is 7.47. The van der Waals surface area contributed by atoms with E-state index >= 15 is 0 Å². The molecule has 2 saturated heterocycles. The summed E-state index contributed by atoms with van der Waals surface area (Å²) in [5.41, 5.74) is 0. The molecule has 2 aliphatic heterocycles. The highest BCUT2D eigenvalue weighted by atomic mass is 31.2. The number of aliphatic hydroxyl groups is 10. The molecular formula is C77H139O24P. The number of esters is 3. The van der Waals surface area contributed by atoms with Crippen molar-refractivity contribution in [2.45, 2.75) is 407 Å². The molecule has 0 radical (unpaired) electrons. The Kier molecular flexibility index (Phi) is 53.3. The van der Waals surface area contributed by atoms with Crippen LogP contribution in [0.1, 0.15) is 303 Å². The first-order chi connectivity index (χ1) is 49.3. The fourth-order valence-corrected chi connectivity index (χ4v) is 14.0. The zero-order valence-corrected chi connectivity index (χ0v) is 63.3. The first kappa shape index (κ1) is 93.4. The molecule has 0 aromatic carbocycles. The second kappa shape index (κ2) is 58.2. The summed E-state index contributed by atoms with van der Waals surface area (Å²) in [7, 11) is -5.73. The molecule has 3 fully saturated rings. The van der Waals surface area contributed by atoms with Gasteiger partial charge in [-0.1, -0.05) is 269 Å². The lowest BCUT2D eigenvalue weighted by Crippen LogP contribution is -2.69. The first-order valence-electron chi connectivity index (χ1n) is 39.8. The van der Waals surface area contributed by atoms with Gasteiger partial charge in [0.2, 0.25) is 0 Å². The molecule has 3 rings (SSSR count). The molecule has 0 aromatic rings. The van der Waals surface area contributed by atoms with Gasteiger partial charge in [-0.2, -0.15) is 0 Å². The van der Waals surface area contributed by atoms with Crippen LogP contribution in [0.3, 0.4) is 0 Å². The minimum absolute atomic E-state index is 0.0202. The maximum absolute atomic E-state index is 14.3. The maximum Gasteiger partial charge on any atom is 0.472 e. The molecule has 0 spiro atoms. The van der Waals surface area contributed by atoms with E-state index in [1.807, 2.05) is 6.08 Å². The Morgan fingerprint density at radius 3 is 1.18 bits per heavy atom. The molecule has 596 valence electrons. The molecule has 25 heteroatoms. The quantitative estimate of drug-likeness (QED) is 0.00512. The van der Waals surface area contributed by atoms with Gasteiger partial charge in [0.1, 0.15) is 98.7 Å². The maximum atomic E-state index is 14.3. The van der Waals surface area contributed by atoms with E-state index in [1.54, 1.807) is 6.08 Å². The molecule has 18 unspecified atom stereocenters. The van der Waals surface area contributed by atoms with Gasteiger partial charge >= 0.3 is 25.7 Å². The number of phosphoric ester groups is 1. The van der Waals surface area contributed by atoms with Gasteiger partial charge in [-0.3, -0.25) is 18.6 Å². The average molecular weight is 1480 g/mol. The second-order valence-corrected chi connectivity index (χ2v) is 29.9. The lowest BCUT2D eigenvalue weighted by Gasteiger charge is -2.49. The number of unbranched alkanes of at least 4 members (excludes halogenated alkanes) is 38. The molecule has 1 saturated carbocycles. The zero-order chi connectivity index (χ0) is 74.6. The molecule has 0 amide bonds. The van der Waals surface area contributed by atoms with Gasteiger partial charge < -0.3 is 89.1 Å². The Bertz CT molecular complexity index is 2240. The lowest BCUT2D eigenvalue weighted by atomic mass is 9.84. The summed E-state index contributed by atoms with van der Waals surface area (Å²) >= 11 is 0. The van der Waals surface area contributed by atoms with Crippen molar-refractivity contribution < 1.29 is 117 Å². The van der Waals surface area contributed by atoms with E-state index in [0.717, 1.165) is 115 Å². The fraction of sp³-hybridized carbons (Fsp3) is 0.883. The number of aliphatic hydroxyl groups excluding tert-OH is 10. The molecule has 18 atom stereocenters. The van der Waals surface area contributed by atoms with Gasteiger partial charge in [0, 0.05) is 18.9 Å². The van der Waals surface area contributed by atoms with Crippen LogP contribution in [0.25, 0.3) is 0 Å². The number of ether oxygens (including phenoxy) is 7. The third-order valence-corrected chi connectivity index (χ3v) is 20.5. The molecule has 0 bridgehead atoms. The molecule has 1 aliphatic carbocycles. The Labute approximate surface area is 610 Å². The predicted molar refractivity (Wildman–Crippen MR) is 388 cm³/mol. The van der Waals surface area contributed by atoms with Gasteiger partial charge in [0.15, 0.2) is 18.7 Å². The number of carbonyl (C=O) groups is 3. The number of hydrogen-bond acceptors (Lipinski definition) is 23. The highest BCUT2D eigenvalue weighted by Gasteiger charge is 2.58. The van der Waals surface area contributed by atoms with Crippen LogP contribution < -0.4 is 0 Å². The van der Waals surface area contributed by atoms with Crippen molar-refractivity contribution in [3.63, 3.8) is 0 Å². The van der Waals surface area contributed by atoms with Crippen molar-refractivity contribution in [2.24, 2.45) is 0 Å². The number of phosphoric acid groups is 1. The summed E-state index contributed by atoms with van der Waals surface area (Å²) in [6, 6.07) is 0. The predicted octanol–water partition coefficient (Wildman–Crippen LogP) is 11.9. The van der Waals surface area contributed by atoms with Crippen molar-refractivity contribution in [3.05, 3.63) is 36.5 Å². The summed E-state index contributed by atoms with van der Waals surface area (Å²) in [4.78, 5) is 51.0. The van der Waals surface area contributed by atoms with E-state index in [0.29, 0.717) is 12.8 Å². The Morgan fingerprint density at radius 2 is 0.755 bits per heavy atom. The first-order valence-corrected chi connectivity index (χ1v) is 41.3. The van der Waals surface area contributed by atoms with E-state index in [4.69, 9.17) is 42.2 Å². The van der Waals surface area contributed by atoms with Crippen molar-refractivity contribution in [1.82, 2.24) is 0 Å². The molecule has 102 heavy (non-hydrogen) atoms. The Morgan fingerprint density at radius 1 is 0.402 bits per heavy atom. The molecule has 0 aromatic heterocycles. The standard InChI is InChI=1S/C77H139O24P/c1-4-7-10-13-16-19-22-25-28-29-32-34-37-40-43-46-49-52-62(80)94-57-60-65(83)67(85)72(90)77(98-60)100-74-70(88)68(86)69(87)73(99-76-71(89)66(84)64(82)59(54-78)97-76)75(74)101-102(91,92)95-56-58(96-63(81)53-50-47-44-41-38-35-31-27-24-21-18-15-12-9-6-3)55-93-61(79)51-48-45-42-39-36-33-30-26-23-20-17-14-11-8-5-2/h20,23,44,47,50,53,58-60,64-78,82-90H,4-19,21-22,24-43,45-46,48-49,51-52,54-57H2,1-3H3,(H,91,92)/b23-20-,47-44+,53-50+. The lowest BCUT2D eigenvalue weighted by molar-refractivity contribution is -0.360. The highest BCUT2D eigenvalue weighted by Crippen LogP contribution is 2.49. The fourth-order valence-electron chi connectivity index (χ4n) is 13.0. The van der Waals surface area contributed by atoms with Crippen LogP contribution >= 0.6 is 7.82 Å². The van der Waals surface area contributed by atoms with E-state index in [-0.39, 0.29) is 12.8 Å². The van der Waals surface area contributed by atoms with Crippen molar-refractivity contribution in [2.75, 3.05) is 26.4 Å². The van der Waals surface area contributed by atoms with Gasteiger partial charge in [0.05, 0.1) is 13.2 Å². The van der Waals surface area contributed by atoms with Crippen molar-refractivity contribution >= 4 is 25.7 Å². The minimum Gasteiger partial charge on any atom is -0.463 e. The average Bonchev–Trinajstić information content (AvgIpc) is 0.761. The monoisotopic (exact) mass is 1480 g/mol. The number of rotatable bonds is 62. The van der Waals surface area contributed by atoms with Gasteiger partial charge in [-0.05, 0) is 51.4 Å². The van der Waals surface area contributed by atoms with Crippen LogP contribution in [0.5, 0.6) is 0 Å². The number of carbonyl (C=O) groups excluding carboxylic acids is 3. The summed E-state index contributed by atoms with van der Waals surface area (Å²) in [5.74, 6) is -2.25. The molecule has 2 heterocycles. The molecule has 24 nitrogen and oxygen atoms in total. The zero-order valence-electron chi connectivity index (χ0n) is 62.4. The number of hydrogen-bond donors (Lipinski definition) is 11. The smallest absolute Gasteiger partial charge is 0.463 e. The summed E-state index contributed by atoms with van der Waals surface area (Å²) < 4.78 is 64.9. The van der Waals surface area contributed by atoms with Gasteiger partial charge in [0.25, 0.3) is 0 Å².